The molecule has 0 atom stereocenters. The number of piperidine rings is 1. The van der Waals surface area contributed by atoms with E-state index in [-0.39, 0.29) is 29.5 Å². The third kappa shape index (κ3) is 4.78. The minimum absolute atomic E-state index is 0. The van der Waals surface area contributed by atoms with E-state index in [0.717, 1.165) is 25.9 Å². The summed E-state index contributed by atoms with van der Waals surface area (Å²) in [6.07, 6.45) is 1.98. The van der Waals surface area contributed by atoms with Crippen molar-refractivity contribution in [2.75, 3.05) is 33.4 Å². The molecule has 0 bridgehead atoms. The third-order valence-corrected chi connectivity index (χ3v) is 4.90. The van der Waals surface area contributed by atoms with Crippen molar-refractivity contribution >= 4 is 35.4 Å². The van der Waals surface area contributed by atoms with Crippen LogP contribution < -0.4 is 10.6 Å². The maximum atomic E-state index is 12.2. The minimum atomic E-state index is -0.110. The molecule has 2 heterocycles. The van der Waals surface area contributed by atoms with E-state index in [1.807, 2.05) is 0 Å². The average molecular weight is 347 g/mol. The van der Waals surface area contributed by atoms with E-state index < -0.39 is 0 Å². The maximum absolute atomic E-state index is 12.2. The van der Waals surface area contributed by atoms with Crippen molar-refractivity contribution in [1.82, 2.24) is 10.6 Å². The molecule has 0 saturated carbocycles. The van der Waals surface area contributed by atoms with Crippen LogP contribution in [-0.4, -0.2) is 45.0 Å². The molecule has 1 aromatic heterocycles. The Hall–Kier alpha value is -0.950. The highest BCUT2D eigenvalue weighted by atomic mass is 35.5. The molecule has 1 fully saturated rings. The van der Waals surface area contributed by atoms with Gasteiger partial charge in [-0.1, -0.05) is 0 Å². The highest BCUT2D eigenvalue weighted by Gasteiger charge is 2.32. The summed E-state index contributed by atoms with van der Waals surface area (Å²) in [7, 11) is 1.70. The zero-order valence-electron chi connectivity index (χ0n) is 12.9. The van der Waals surface area contributed by atoms with Crippen LogP contribution in [0.1, 0.15) is 39.8 Å². The van der Waals surface area contributed by atoms with Crippen LogP contribution in [0.5, 0.6) is 0 Å². The van der Waals surface area contributed by atoms with Gasteiger partial charge in [0, 0.05) is 30.0 Å². The summed E-state index contributed by atoms with van der Waals surface area (Å²) in [5.41, 5.74) is 0.606. The molecule has 1 saturated heterocycles. The molecule has 2 rings (SSSR count). The average Bonchev–Trinajstić information content (AvgIpc) is 2.96. The number of ketones is 1. The summed E-state index contributed by atoms with van der Waals surface area (Å²) in [5, 5.41) is 8.06. The fourth-order valence-electron chi connectivity index (χ4n) is 2.63. The van der Waals surface area contributed by atoms with Gasteiger partial charge in [-0.25, -0.2) is 0 Å². The maximum Gasteiger partial charge on any atom is 0.261 e. The number of hydrogen-bond acceptors (Lipinski definition) is 5. The van der Waals surface area contributed by atoms with Gasteiger partial charge in [-0.3, -0.25) is 9.59 Å². The first-order chi connectivity index (χ1) is 10.1. The summed E-state index contributed by atoms with van der Waals surface area (Å²) < 4.78 is 5.34. The first-order valence-electron chi connectivity index (χ1n) is 7.14. The smallest absolute Gasteiger partial charge is 0.261 e. The lowest BCUT2D eigenvalue weighted by molar-refractivity contribution is 0.0512. The second kappa shape index (κ2) is 8.62. The van der Waals surface area contributed by atoms with Gasteiger partial charge >= 0.3 is 0 Å². The van der Waals surface area contributed by atoms with Crippen LogP contribution in [-0.2, 0) is 4.74 Å². The molecule has 0 aliphatic carbocycles. The number of methoxy groups -OCH3 is 1. The molecule has 1 amide bonds. The van der Waals surface area contributed by atoms with Crippen molar-refractivity contribution < 1.29 is 14.3 Å². The highest BCUT2D eigenvalue weighted by Crippen LogP contribution is 2.28. The van der Waals surface area contributed by atoms with Gasteiger partial charge in [-0.15, -0.1) is 23.7 Å². The van der Waals surface area contributed by atoms with E-state index >= 15 is 0 Å². The van der Waals surface area contributed by atoms with E-state index in [4.69, 9.17) is 4.74 Å². The largest absolute Gasteiger partial charge is 0.384 e. The Morgan fingerprint density at radius 1 is 1.41 bits per heavy atom. The molecule has 0 radical (unpaired) electrons. The number of carbonyl (C=O) groups is 2. The molecular formula is C15H23ClN2O3S. The van der Waals surface area contributed by atoms with Crippen LogP contribution in [0, 0.1) is 5.41 Å². The van der Waals surface area contributed by atoms with Crippen molar-refractivity contribution in [1.29, 1.82) is 0 Å². The van der Waals surface area contributed by atoms with E-state index in [0.29, 0.717) is 23.6 Å². The normalized spacial score (nSPS) is 16.6. The number of thiophene rings is 1. The van der Waals surface area contributed by atoms with Crippen LogP contribution in [0.2, 0.25) is 0 Å². The van der Waals surface area contributed by atoms with Crippen LogP contribution in [0.15, 0.2) is 11.4 Å². The lowest BCUT2D eigenvalue weighted by Crippen LogP contribution is -2.47. The van der Waals surface area contributed by atoms with E-state index in [2.05, 4.69) is 10.6 Å². The molecule has 5 nitrogen and oxygen atoms in total. The summed E-state index contributed by atoms with van der Waals surface area (Å²) in [5.74, 6) is -0.124. The van der Waals surface area contributed by atoms with Crippen LogP contribution in [0.4, 0.5) is 0 Å². The summed E-state index contributed by atoms with van der Waals surface area (Å²) in [4.78, 5) is 24.1. The molecule has 7 heteroatoms. The molecule has 0 aromatic carbocycles. The first kappa shape index (κ1) is 19.1. The highest BCUT2D eigenvalue weighted by molar-refractivity contribution is 7.12. The van der Waals surface area contributed by atoms with Gasteiger partial charge in [0.15, 0.2) is 5.78 Å². The summed E-state index contributed by atoms with van der Waals surface area (Å²) in [6.45, 7) is 4.67. The first-order valence-corrected chi connectivity index (χ1v) is 8.02. The standard InChI is InChI=1S/C15H22N2O3S.ClH/c1-11(18)12-7-13(21-8-12)14(19)17-9-15(10-20-2)3-5-16-6-4-15;/h7-8,16H,3-6,9-10H2,1-2H3,(H,17,19);1H. The fraction of sp³-hybridized carbons (Fsp3) is 0.600. The Morgan fingerprint density at radius 3 is 2.64 bits per heavy atom. The van der Waals surface area contributed by atoms with Gasteiger partial charge in [-0.2, -0.15) is 0 Å². The molecule has 0 unspecified atom stereocenters. The fourth-order valence-corrected chi connectivity index (χ4v) is 3.49. The second-order valence-electron chi connectivity index (χ2n) is 5.62. The van der Waals surface area contributed by atoms with E-state index in [1.54, 1.807) is 18.6 Å². The quantitative estimate of drug-likeness (QED) is 0.774. The number of hydrogen-bond donors (Lipinski definition) is 2. The topological polar surface area (TPSA) is 67.4 Å². The van der Waals surface area contributed by atoms with Gasteiger partial charge < -0.3 is 15.4 Å². The van der Waals surface area contributed by atoms with Gasteiger partial charge in [0.05, 0.1) is 11.5 Å². The SMILES string of the molecule is COCC1(CNC(=O)c2cc(C(C)=O)cs2)CCNCC1.Cl. The number of amides is 1. The molecule has 0 spiro atoms. The third-order valence-electron chi connectivity index (χ3n) is 3.97. The van der Waals surface area contributed by atoms with Crippen LogP contribution in [0.25, 0.3) is 0 Å². The van der Waals surface area contributed by atoms with Crippen molar-refractivity contribution in [3.63, 3.8) is 0 Å². The number of halogens is 1. The van der Waals surface area contributed by atoms with Gasteiger partial charge in [0.25, 0.3) is 5.91 Å². The van der Waals surface area contributed by atoms with Crippen LogP contribution >= 0.6 is 23.7 Å². The number of carbonyl (C=O) groups excluding carboxylic acids is 2. The van der Waals surface area contributed by atoms with Crippen molar-refractivity contribution in [2.24, 2.45) is 5.41 Å². The zero-order chi connectivity index (χ0) is 15.3. The van der Waals surface area contributed by atoms with Gasteiger partial charge in [-0.05, 0) is 38.9 Å². The zero-order valence-corrected chi connectivity index (χ0v) is 14.6. The van der Waals surface area contributed by atoms with Gasteiger partial charge in [0.1, 0.15) is 0 Å². The molecule has 1 aliphatic rings. The predicted molar refractivity (Wildman–Crippen MR) is 90.3 cm³/mol. The van der Waals surface area contributed by atoms with Gasteiger partial charge in [0.2, 0.25) is 0 Å². The molecule has 22 heavy (non-hydrogen) atoms. The Bertz CT molecular complexity index is 507. The van der Waals surface area contributed by atoms with E-state index in [1.165, 1.54) is 18.3 Å². The Balaban J connectivity index is 0.00000242. The second-order valence-corrected chi connectivity index (χ2v) is 6.53. The van der Waals surface area contributed by atoms with E-state index in [9.17, 15) is 9.59 Å². The molecule has 1 aromatic rings. The number of nitrogens with one attached hydrogen (secondary N) is 2. The molecular weight excluding hydrogens is 324 g/mol. The lowest BCUT2D eigenvalue weighted by atomic mass is 9.79. The number of Topliss-reactive ketones (excluding diaryl/α,β-unsaturated/α-hetero) is 1. The summed E-state index contributed by atoms with van der Waals surface area (Å²) >= 11 is 1.31. The van der Waals surface area contributed by atoms with Crippen molar-refractivity contribution in [3.8, 4) is 0 Å². The Labute approximate surface area is 141 Å². The Kier molecular flexibility index (Phi) is 7.48. The minimum Gasteiger partial charge on any atom is -0.384 e. The number of rotatable bonds is 6. The Morgan fingerprint density at radius 2 is 2.09 bits per heavy atom. The molecule has 1 aliphatic heterocycles. The predicted octanol–water partition coefficient (Wildman–Crippen LogP) is 2.12. The monoisotopic (exact) mass is 346 g/mol. The molecule has 124 valence electrons. The lowest BCUT2D eigenvalue weighted by Gasteiger charge is -2.37. The molecule has 2 N–H and O–H groups in total. The van der Waals surface area contributed by atoms with Crippen LogP contribution in [0.3, 0.4) is 0 Å². The summed E-state index contributed by atoms with van der Waals surface area (Å²) in [6, 6.07) is 1.66. The number of ether oxygens (including phenoxy) is 1. The van der Waals surface area contributed by atoms with Crippen molar-refractivity contribution in [3.05, 3.63) is 21.9 Å². The van der Waals surface area contributed by atoms with Crippen molar-refractivity contribution in [2.45, 2.75) is 19.8 Å².